The van der Waals surface area contributed by atoms with Crippen LogP contribution in [0.4, 0.5) is 10.5 Å². The number of pyridine rings is 1. The number of ether oxygens (including phenoxy) is 3. The van der Waals surface area contributed by atoms with E-state index in [2.05, 4.69) is 21.3 Å². The van der Waals surface area contributed by atoms with Crippen molar-refractivity contribution in [1.29, 1.82) is 0 Å². The summed E-state index contributed by atoms with van der Waals surface area (Å²) in [5.41, 5.74) is 8.34. The van der Waals surface area contributed by atoms with Crippen LogP contribution in [0, 0.1) is 25.2 Å². The molecule has 0 bridgehead atoms. The molecule has 0 radical (unpaired) electrons. The molecule has 0 unspecified atom stereocenters. The highest BCUT2D eigenvalue weighted by Gasteiger charge is 2.30. The maximum Gasteiger partial charge on any atom is 0.312 e. The van der Waals surface area contributed by atoms with Crippen molar-refractivity contribution in [1.82, 2.24) is 25.8 Å². The van der Waals surface area contributed by atoms with Gasteiger partial charge in [-0.1, -0.05) is 57.0 Å². The molecule has 3 heterocycles. The number of rotatable bonds is 33. The molecule has 0 saturated carbocycles. The van der Waals surface area contributed by atoms with Crippen molar-refractivity contribution in [2.45, 2.75) is 84.2 Å². The second-order valence-electron chi connectivity index (χ2n) is 19.1. The molecule has 0 aliphatic carbocycles. The highest BCUT2D eigenvalue weighted by molar-refractivity contribution is 6.12. The molecule has 412 valence electrons. The summed E-state index contributed by atoms with van der Waals surface area (Å²) in [6.07, 6.45) is 15.2. The second kappa shape index (κ2) is 33.8. The van der Waals surface area contributed by atoms with Gasteiger partial charge in [0.15, 0.2) is 24.7 Å². The smallest absolute Gasteiger partial charge is 0.312 e. The number of hydrogen-bond acceptors (Lipinski definition) is 11. The number of nitrogens with zero attached hydrogens (tertiary/aromatic N) is 3. The van der Waals surface area contributed by atoms with E-state index >= 15 is 0 Å². The van der Waals surface area contributed by atoms with E-state index in [1.165, 1.54) is 12.2 Å². The van der Waals surface area contributed by atoms with Gasteiger partial charge in [-0.15, -0.1) is 0 Å². The summed E-state index contributed by atoms with van der Waals surface area (Å²) >= 11 is 0. The van der Waals surface area contributed by atoms with Crippen LogP contribution >= 0.6 is 0 Å². The highest BCUT2D eigenvalue weighted by atomic mass is 16.5. The third kappa shape index (κ3) is 22.4. The number of carbonyl (C=O) groups excluding carboxylic acids is 8. The average Bonchev–Trinajstić information content (AvgIpc) is 3.72. The molecular weight excluding hydrogens is 973 g/mol. The molecule has 0 spiro atoms. The number of urea groups is 1. The quantitative estimate of drug-likeness (QED) is 0.0182. The molecule has 1 aromatic heterocycles. The largest absolute Gasteiger partial charge is 0.379 e. The molecule has 76 heavy (non-hydrogen) atoms. The number of aromatic nitrogens is 1. The van der Waals surface area contributed by atoms with Crippen LogP contribution < -0.4 is 31.6 Å². The van der Waals surface area contributed by atoms with Gasteiger partial charge in [0.25, 0.3) is 17.7 Å². The Bertz CT molecular complexity index is 2390. The van der Waals surface area contributed by atoms with E-state index in [0.29, 0.717) is 31.1 Å². The number of imide groups is 1. The Morgan fingerprint density at radius 3 is 2.12 bits per heavy atom. The van der Waals surface area contributed by atoms with Gasteiger partial charge in [-0.05, 0) is 80.3 Å². The lowest BCUT2D eigenvalue weighted by molar-refractivity contribution is -0.688. The zero-order chi connectivity index (χ0) is 53.8. The predicted octanol–water partition coefficient (Wildman–Crippen LogP) is 4.79. The number of Topliss-reactive ketones (excluding diaryl/α,β-unsaturated/α-hetero) is 1. The fraction of sp³-hybridized carbons (Fsp3) is 0.474. The van der Waals surface area contributed by atoms with Gasteiger partial charge in [0, 0.05) is 91.6 Å². The number of carbonyl (C=O) groups is 8. The van der Waals surface area contributed by atoms with Gasteiger partial charge in [-0.3, -0.25) is 38.5 Å². The average molecular weight is 1050 g/mol. The molecule has 2 aliphatic rings. The van der Waals surface area contributed by atoms with Gasteiger partial charge in [0.1, 0.15) is 0 Å². The predicted molar refractivity (Wildman–Crippen MR) is 288 cm³/mol. The normalized spacial score (nSPS) is 14.4. The van der Waals surface area contributed by atoms with E-state index < -0.39 is 18.0 Å². The Labute approximate surface area is 447 Å². The zero-order valence-electron chi connectivity index (χ0n) is 44.4. The van der Waals surface area contributed by atoms with Gasteiger partial charge >= 0.3 is 6.03 Å². The summed E-state index contributed by atoms with van der Waals surface area (Å²) in [6.45, 7) is 8.03. The Morgan fingerprint density at radius 1 is 0.789 bits per heavy atom. The third-order valence-electron chi connectivity index (χ3n) is 12.9. The minimum Gasteiger partial charge on any atom is -0.379 e. The van der Waals surface area contributed by atoms with E-state index in [1.807, 2.05) is 90.3 Å². The van der Waals surface area contributed by atoms with Crippen LogP contribution in [-0.2, 0) is 49.5 Å². The first-order valence-corrected chi connectivity index (χ1v) is 26.1. The topological polar surface area (TPSA) is 249 Å². The minimum absolute atomic E-state index is 0. The highest BCUT2D eigenvalue weighted by Crippen LogP contribution is 2.24. The van der Waals surface area contributed by atoms with Crippen LogP contribution in [-0.4, -0.2) is 135 Å². The summed E-state index contributed by atoms with van der Waals surface area (Å²) in [5, 5.41) is 11.3. The summed E-state index contributed by atoms with van der Waals surface area (Å²) in [6, 6.07) is 19.1. The van der Waals surface area contributed by atoms with Crippen LogP contribution in [0.5, 0.6) is 0 Å². The van der Waals surface area contributed by atoms with Crippen molar-refractivity contribution < 1.29 is 57.1 Å². The van der Waals surface area contributed by atoms with Crippen LogP contribution in [0.2, 0.25) is 0 Å². The lowest BCUT2D eigenvalue weighted by Crippen LogP contribution is -2.45. The first kappa shape index (κ1) is 61.5. The van der Waals surface area contributed by atoms with Crippen molar-refractivity contribution in [3.63, 3.8) is 0 Å². The van der Waals surface area contributed by atoms with Gasteiger partial charge in [-0.2, -0.15) is 0 Å². The van der Waals surface area contributed by atoms with Crippen LogP contribution in [0.15, 0.2) is 97.4 Å². The standard InChI is InChI=1S/C56H74N8O11.CH3/c1-41(2)53(61-50(67)25-32-73-34-36-75-37-35-74-33-31-64-51(68)21-22-52(64)69)48(65)38-46(14-8-27-59-56(57)72)54(70)60-47-18-15-44(16-19-47)40-62-28-9-11-43(39-62)17-20-49(66)58-26-7-6-10-42-23-29-63(30-24-42)55(71)45-12-4-3-5-13-45;/h3-5,9,11-13,15-22,28,39,41-42,46,53H,6-8,10,14,23-27,29-38,40H2,1-2H3,(H5-,57,58,59,60,61,66,67,70,72);1H3/q;-1/p+1/b20-17+;/t46-,53+;/m1./s1. The number of unbranched alkanes of at least 4 members (excludes halogenated alkanes) is 1. The molecule has 2 atom stereocenters. The van der Waals surface area contributed by atoms with E-state index in [-0.39, 0.29) is 127 Å². The van der Waals surface area contributed by atoms with Crippen LogP contribution in [0.1, 0.15) is 93.1 Å². The Kier molecular flexibility index (Phi) is 27.3. The lowest BCUT2D eigenvalue weighted by Gasteiger charge is -2.32. The SMILES string of the molecule is CC(C)[C@H](NC(=O)CCOCCOCCOCCN1C(=O)C=CC1=O)C(=O)C[C@@H](CCCNC(N)=O)C(=O)Nc1ccc(C[n+]2cccc(/C=C/C(=O)NCCCCC3CCN(C(=O)c4ccccc4)CC3)c2)cc1.[CH3-]. The Morgan fingerprint density at radius 2 is 1.45 bits per heavy atom. The van der Waals surface area contributed by atoms with Crippen molar-refractivity contribution in [3.05, 3.63) is 121 Å². The second-order valence-corrected chi connectivity index (χ2v) is 19.1. The molecule has 19 heteroatoms. The Balaban J connectivity index is 0.0000125. The number of ketones is 1. The zero-order valence-corrected chi connectivity index (χ0v) is 44.4. The first-order chi connectivity index (χ1) is 36.2. The Hall–Kier alpha value is -7.09. The molecule has 2 aliphatic heterocycles. The molecule has 8 amide bonds. The van der Waals surface area contributed by atoms with E-state index in [0.717, 1.165) is 66.8 Å². The fourth-order valence-corrected chi connectivity index (χ4v) is 8.71. The third-order valence-corrected chi connectivity index (χ3v) is 12.9. The van der Waals surface area contributed by atoms with Gasteiger partial charge in [0.2, 0.25) is 17.7 Å². The number of likely N-dealkylation sites (tertiary alicyclic amines) is 1. The van der Waals surface area contributed by atoms with E-state index in [4.69, 9.17) is 19.9 Å². The summed E-state index contributed by atoms with van der Waals surface area (Å²) in [7, 11) is 0. The molecule has 1 saturated heterocycles. The monoisotopic (exact) mass is 1050 g/mol. The van der Waals surface area contributed by atoms with E-state index in [1.54, 1.807) is 24.3 Å². The van der Waals surface area contributed by atoms with Crippen molar-refractivity contribution in [2.24, 2.45) is 23.5 Å². The van der Waals surface area contributed by atoms with Gasteiger partial charge in [-0.25, -0.2) is 9.36 Å². The van der Waals surface area contributed by atoms with Crippen molar-refractivity contribution >= 4 is 59.0 Å². The molecule has 6 N–H and O–H groups in total. The maximum absolute atomic E-state index is 13.7. The minimum atomic E-state index is -0.845. The van der Waals surface area contributed by atoms with Crippen molar-refractivity contribution in [2.75, 3.05) is 77.7 Å². The molecule has 19 nitrogen and oxygen atoms in total. The molecule has 3 aromatic rings. The summed E-state index contributed by atoms with van der Waals surface area (Å²) in [4.78, 5) is 103. The van der Waals surface area contributed by atoms with Gasteiger partial charge < -0.3 is 53.5 Å². The number of primary amides is 1. The first-order valence-electron chi connectivity index (χ1n) is 26.1. The number of benzene rings is 2. The number of amides is 8. The number of hydrogen-bond donors (Lipinski definition) is 5. The number of nitrogens with one attached hydrogen (secondary N) is 4. The summed E-state index contributed by atoms with van der Waals surface area (Å²) < 4.78 is 18.4. The molecule has 5 rings (SSSR count). The van der Waals surface area contributed by atoms with Crippen LogP contribution in [0.25, 0.3) is 6.08 Å². The molecule has 1 fully saturated rings. The maximum atomic E-state index is 13.7. The molecule has 2 aromatic carbocycles. The fourth-order valence-electron chi connectivity index (χ4n) is 8.71. The summed E-state index contributed by atoms with van der Waals surface area (Å²) in [5.74, 6) is -2.25. The van der Waals surface area contributed by atoms with Crippen LogP contribution in [0.3, 0.4) is 0 Å². The van der Waals surface area contributed by atoms with Crippen molar-refractivity contribution in [3.8, 4) is 0 Å². The molecular formula is C57H78N8O11. The van der Waals surface area contributed by atoms with Gasteiger partial charge in [0.05, 0.1) is 52.2 Å². The van der Waals surface area contributed by atoms with E-state index in [9.17, 15) is 38.4 Å². The number of piperidine rings is 1. The number of anilines is 1. The number of nitrogens with two attached hydrogens (primary N) is 1. The lowest BCUT2D eigenvalue weighted by atomic mass is 9.89.